The minimum absolute atomic E-state index is 0.176. The second kappa shape index (κ2) is 11.7. The third kappa shape index (κ3) is 6.81. The lowest BCUT2D eigenvalue weighted by Gasteiger charge is -2.09. The van der Waals surface area contributed by atoms with Crippen LogP contribution in [0, 0.1) is 0 Å². The third-order valence-electron chi connectivity index (χ3n) is 4.31. The van der Waals surface area contributed by atoms with Crippen molar-refractivity contribution in [3.05, 3.63) is 82.3 Å². The maximum absolute atomic E-state index is 12.4. The fourth-order valence-electron chi connectivity index (χ4n) is 2.67. The predicted molar refractivity (Wildman–Crippen MR) is 126 cm³/mol. The molecule has 0 aliphatic rings. The SMILES string of the molecule is COc1ccc(C(=O)Oc2ccc(/C=N\NC(=O)COc3ccccc3Br)cc2)cc1OC. The largest absolute Gasteiger partial charge is 0.493 e. The molecule has 0 spiro atoms. The minimum atomic E-state index is -0.533. The molecule has 170 valence electrons. The van der Waals surface area contributed by atoms with Crippen molar-refractivity contribution in [3.8, 4) is 23.0 Å². The van der Waals surface area contributed by atoms with Gasteiger partial charge in [-0.15, -0.1) is 0 Å². The van der Waals surface area contributed by atoms with Crippen molar-refractivity contribution in [1.29, 1.82) is 0 Å². The van der Waals surface area contributed by atoms with Crippen LogP contribution in [0.2, 0.25) is 0 Å². The minimum Gasteiger partial charge on any atom is -0.493 e. The molecule has 9 heteroatoms. The van der Waals surface area contributed by atoms with Crippen LogP contribution >= 0.6 is 15.9 Å². The van der Waals surface area contributed by atoms with Gasteiger partial charge in [0.05, 0.1) is 30.5 Å². The Balaban J connectivity index is 1.50. The predicted octanol–water partition coefficient (Wildman–Crippen LogP) is 4.21. The molecular formula is C24H21BrN2O6. The first-order valence-corrected chi connectivity index (χ1v) is 10.5. The molecule has 0 saturated heterocycles. The number of methoxy groups -OCH3 is 2. The number of nitrogens with zero attached hydrogens (tertiary/aromatic N) is 1. The highest BCUT2D eigenvalue weighted by molar-refractivity contribution is 9.10. The molecule has 0 aliphatic carbocycles. The lowest BCUT2D eigenvalue weighted by molar-refractivity contribution is -0.123. The number of para-hydroxylation sites is 1. The molecule has 0 bridgehead atoms. The Bertz CT molecular complexity index is 1150. The van der Waals surface area contributed by atoms with E-state index in [2.05, 4.69) is 26.5 Å². The van der Waals surface area contributed by atoms with Gasteiger partial charge in [-0.2, -0.15) is 5.10 Å². The molecule has 0 aliphatic heterocycles. The Morgan fingerprint density at radius 2 is 1.67 bits per heavy atom. The average molecular weight is 513 g/mol. The number of hydrogen-bond donors (Lipinski definition) is 1. The first kappa shape index (κ1) is 23.8. The van der Waals surface area contributed by atoms with Crippen molar-refractivity contribution >= 4 is 34.0 Å². The van der Waals surface area contributed by atoms with Gasteiger partial charge in [0, 0.05) is 0 Å². The quantitative estimate of drug-likeness (QED) is 0.199. The summed E-state index contributed by atoms with van der Waals surface area (Å²) in [6, 6.07) is 18.6. The van der Waals surface area contributed by atoms with Crippen molar-refractivity contribution < 1.29 is 28.5 Å². The Hall–Kier alpha value is -3.85. The van der Waals surface area contributed by atoms with E-state index in [1.165, 1.54) is 20.4 Å². The lowest BCUT2D eigenvalue weighted by Crippen LogP contribution is -2.24. The van der Waals surface area contributed by atoms with Crippen molar-refractivity contribution in [3.63, 3.8) is 0 Å². The molecule has 3 aromatic carbocycles. The molecule has 1 amide bonds. The molecule has 3 aromatic rings. The molecular weight excluding hydrogens is 492 g/mol. The van der Waals surface area contributed by atoms with E-state index in [1.807, 2.05) is 18.2 Å². The maximum Gasteiger partial charge on any atom is 0.343 e. The van der Waals surface area contributed by atoms with Crippen molar-refractivity contribution in [1.82, 2.24) is 5.43 Å². The van der Waals surface area contributed by atoms with Crippen LogP contribution in [0.5, 0.6) is 23.0 Å². The number of hydrazone groups is 1. The zero-order chi connectivity index (χ0) is 23.6. The summed E-state index contributed by atoms with van der Waals surface area (Å²) in [5, 5.41) is 3.90. The van der Waals surface area contributed by atoms with Crippen LogP contribution in [0.4, 0.5) is 0 Å². The second-order valence-corrected chi connectivity index (χ2v) is 7.39. The van der Waals surface area contributed by atoms with Gasteiger partial charge in [0.15, 0.2) is 18.1 Å². The molecule has 3 rings (SSSR count). The van der Waals surface area contributed by atoms with E-state index < -0.39 is 11.9 Å². The average Bonchev–Trinajstić information content (AvgIpc) is 2.84. The number of halogens is 1. The van der Waals surface area contributed by atoms with Crippen LogP contribution in [-0.2, 0) is 4.79 Å². The molecule has 33 heavy (non-hydrogen) atoms. The second-order valence-electron chi connectivity index (χ2n) is 6.54. The summed E-state index contributed by atoms with van der Waals surface area (Å²) in [7, 11) is 3.01. The molecule has 1 N–H and O–H groups in total. The fraction of sp³-hybridized carbons (Fsp3) is 0.125. The van der Waals surface area contributed by atoms with Crippen LogP contribution in [-0.4, -0.2) is 38.9 Å². The number of esters is 1. The smallest absolute Gasteiger partial charge is 0.343 e. The van der Waals surface area contributed by atoms with Gasteiger partial charge in [0.1, 0.15) is 11.5 Å². The van der Waals surface area contributed by atoms with Gasteiger partial charge in [0.25, 0.3) is 5.91 Å². The highest BCUT2D eigenvalue weighted by Crippen LogP contribution is 2.28. The van der Waals surface area contributed by atoms with Crippen LogP contribution in [0.1, 0.15) is 15.9 Å². The molecule has 0 saturated carbocycles. The number of hydrogen-bond acceptors (Lipinski definition) is 7. The summed E-state index contributed by atoms with van der Waals surface area (Å²) < 4.78 is 21.9. The van der Waals surface area contributed by atoms with E-state index in [1.54, 1.807) is 48.5 Å². The highest BCUT2D eigenvalue weighted by atomic mass is 79.9. The van der Waals surface area contributed by atoms with Crippen LogP contribution < -0.4 is 24.4 Å². The number of rotatable bonds is 9. The Morgan fingerprint density at radius 1 is 0.939 bits per heavy atom. The van der Waals surface area contributed by atoms with Crippen LogP contribution in [0.25, 0.3) is 0 Å². The number of carbonyl (C=O) groups excluding carboxylic acids is 2. The molecule has 0 heterocycles. The summed E-state index contributed by atoms with van der Waals surface area (Å²) in [4.78, 5) is 24.3. The van der Waals surface area contributed by atoms with Gasteiger partial charge in [-0.05, 0) is 76.1 Å². The van der Waals surface area contributed by atoms with Gasteiger partial charge in [-0.25, -0.2) is 10.2 Å². The van der Waals surface area contributed by atoms with Crippen molar-refractivity contribution in [2.75, 3.05) is 20.8 Å². The fourth-order valence-corrected chi connectivity index (χ4v) is 3.07. The summed E-state index contributed by atoms with van der Waals surface area (Å²) in [6.07, 6.45) is 1.47. The summed E-state index contributed by atoms with van der Waals surface area (Å²) in [6.45, 7) is -0.176. The Morgan fingerprint density at radius 3 is 2.36 bits per heavy atom. The van der Waals surface area contributed by atoms with E-state index in [0.717, 1.165) is 4.47 Å². The summed E-state index contributed by atoms with van der Waals surface area (Å²) in [5.74, 6) is 0.941. The van der Waals surface area contributed by atoms with E-state index in [9.17, 15) is 9.59 Å². The Kier molecular flexibility index (Phi) is 8.43. The molecule has 0 unspecified atom stereocenters. The van der Waals surface area contributed by atoms with Crippen LogP contribution in [0.15, 0.2) is 76.3 Å². The van der Waals surface area contributed by atoms with E-state index >= 15 is 0 Å². The van der Waals surface area contributed by atoms with E-state index in [4.69, 9.17) is 18.9 Å². The topological polar surface area (TPSA) is 95.5 Å². The zero-order valence-electron chi connectivity index (χ0n) is 17.9. The lowest BCUT2D eigenvalue weighted by atomic mass is 10.2. The standard InChI is InChI=1S/C24H21BrN2O6/c1-30-21-12-9-17(13-22(21)31-2)24(29)33-18-10-7-16(8-11-18)14-26-27-23(28)15-32-20-6-4-3-5-19(20)25/h3-14H,15H2,1-2H3,(H,27,28)/b26-14-. The van der Waals surface area contributed by atoms with E-state index in [-0.39, 0.29) is 6.61 Å². The molecule has 0 fully saturated rings. The molecule has 0 radical (unpaired) electrons. The summed E-state index contributed by atoms with van der Waals surface area (Å²) in [5.41, 5.74) is 3.42. The Labute approximate surface area is 199 Å². The first-order chi connectivity index (χ1) is 16.0. The maximum atomic E-state index is 12.4. The number of amides is 1. The zero-order valence-corrected chi connectivity index (χ0v) is 19.5. The normalized spacial score (nSPS) is 10.5. The van der Waals surface area contributed by atoms with Crippen LogP contribution in [0.3, 0.4) is 0 Å². The van der Waals surface area contributed by atoms with Gasteiger partial charge < -0.3 is 18.9 Å². The van der Waals surface area contributed by atoms with Gasteiger partial charge >= 0.3 is 5.97 Å². The third-order valence-corrected chi connectivity index (χ3v) is 4.96. The first-order valence-electron chi connectivity index (χ1n) is 9.73. The highest BCUT2D eigenvalue weighted by Gasteiger charge is 2.13. The number of carbonyl (C=O) groups is 2. The van der Waals surface area contributed by atoms with Gasteiger partial charge in [-0.3, -0.25) is 4.79 Å². The van der Waals surface area contributed by atoms with Crippen molar-refractivity contribution in [2.45, 2.75) is 0 Å². The number of benzene rings is 3. The van der Waals surface area contributed by atoms with Gasteiger partial charge in [-0.1, -0.05) is 12.1 Å². The van der Waals surface area contributed by atoms with E-state index in [0.29, 0.717) is 34.1 Å². The molecule has 0 atom stereocenters. The number of ether oxygens (including phenoxy) is 4. The van der Waals surface area contributed by atoms with Gasteiger partial charge in [0.2, 0.25) is 0 Å². The molecule has 8 nitrogen and oxygen atoms in total. The molecule has 0 aromatic heterocycles. The van der Waals surface area contributed by atoms with Crippen molar-refractivity contribution in [2.24, 2.45) is 5.10 Å². The summed E-state index contributed by atoms with van der Waals surface area (Å²) >= 11 is 3.35. The number of nitrogens with one attached hydrogen (secondary N) is 1. The monoisotopic (exact) mass is 512 g/mol.